The van der Waals surface area contributed by atoms with E-state index in [1.165, 1.54) is 12.1 Å². The molecule has 2 aromatic carbocycles. The third kappa shape index (κ3) is 5.10. The van der Waals surface area contributed by atoms with Gasteiger partial charge in [0.05, 0.1) is 0 Å². The maximum absolute atomic E-state index is 12.5. The Kier molecular flexibility index (Phi) is 5.86. The molecule has 164 valence electrons. The Labute approximate surface area is 175 Å². The number of hydrogen-bond donors (Lipinski definition) is 1. The summed E-state index contributed by atoms with van der Waals surface area (Å²) in [5, 5.41) is 9.63. The highest BCUT2D eigenvalue weighted by Gasteiger charge is 2.34. The maximum atomic E-state index is 12.5. The number of halogens is 3. The van der Waals surface area contributed by atoms with E-state index >= 15 is 0 Å². The van der Waals surface area contributed by atoms with Crippen LogP contribution in [-0.2, 0) is 29.0 Å². The van der Waals surface area contributed by atoms with Crippen molar-refractivity contribution in [3.05, 3.63) is 53.1 Å². The summed E-state index contributed by atoms with van der Waals surface area (Å²) < 4.78 is 54.0. The van der Waals surface area contributed by atoms with E-state index in [0.717, 1.165) is 16.0 Å². The predicted octanol–water partition coefficient (Wildman–Crippen LogP) is 4.72. The molecule has 0 radical (unpaired) electrons. The molecule has 1 aliphatic rings. The molecule has 4 nitrogen and oxygen atoms in total. The van der Waals surface area contributed by atoms with Crippen molar-refractivity contribution in [1.29, 1.82) is 0 Å². The van der Waals surface area contributed by atoms with Gasteiger partial charge in [0.15, 0.2) is 11.5 Å². The fourth-order valence-electron chi connectivity index (χ4n) is 3.75. The molecule has 0 fully saturated rings. The number of nitrogens with zero attached hydrogens (tertiary/aromatic N) is 1. The first-order valence-electron chi connectivity index (χ1n) is 9.52. The monoisotopic (exact) mass is 441 g/mol. The summed E-state index contributed by atoms with van der Waals surface area (Å²) in [6.07, 6.45) is -2.03. The van der Waals surface area contributed by atoms with E-state index in [0.29, 0.717) is 31.5 Å². The molecule has 3 rings (SSSR count). The van der Waals surface area contributed by atoms with Crippen LogP contribution in [-0.4, -0.2) is 38.2 Å². The zero-order chi connectivity index (χ0) is 22.3. The molecule has 1 aliphatic heterocycles. The number of hydrogen-bond acceptors (Lipinski definition) is 4. The first-order valence-corrected chi connectivity index (χ1v) is 11.7. The molecule has 1 atom stereocenters. The number of fused-ring (bicyclic) bond motifs is 1. The maximum Gasteiger partial charge on any atom is 0.573 e. The molecular formula is C22H26F3NO3S. The van der Waals surface area contributed by atoms with Gasteiger partial charge in [-0.3, -0.25) is 9.11 Å². The lowest BCUT2D eigenvalue weighted by Crippen LogP contribution is -2.40. The summed E-state index contributed by atoms with van der Waals surface area (Å²) in [5.74, 6) is 2.68. The van der Waals surface area contributed by atoms with Gasteiger partial charge in [-0.25, -0.2) is 0 Å². The Bertz CT molecular complexity index is 1050. The highest BCUT2D eigenvalue weighted by atomic mass is 32.2. The predicted molar refractivity (Wildman–Crippen MR) is 112 cm³/mol. The van der Waals surface area contributed by atoms with Gasteiger partial charge in [-0.2, -0.15) is 0 Å². The van der Waals surface area contributed by atoms with Gasteiger partial charge in [-0.15, -0.1) is 13.2 Å². The molecule has 1 heterocycles. The van der Waals surface area contributed by atoms with E-state index in [2.05, 4.69) is 29.4 Å². The zero-order valence-corrected chi connectivity index (χ0v) is 18.1. The van der Waals surface area contributed by atoms with Gasteiger partial charge in [0.25, 0.3) is 0 Å². The van der Waals surface area contributed by atoms with Gasteiger partial charge in [0.1, 0.15) is 0 Å². The highest BCUT2D eigenvalue weighted by molar-refractivity contribution is 7.99. The smallest absolute Gasteiger partial charge is 0.504 e. The summed E-state index contributed by atoms with van der Waals surface area (Å²) in [4.78, 5) is 3.06. The molecule has 8 heteroatoms. The quantitative estimate of drug-likeness (QED) is 0.659. The van der Waals surface area contributed by atoms with Crippen molar-refractivity contribution in [1.82, 2.24) is 4.90 Å². The van der Waals surface area contributed by atoms with Gasteiger partial charge in [0.2, 0.25) is 0 Å². The van der Waals surface area contributed by atoms with Crippen LogP contribution >= 0.6 is 0 Å². The number of ether oxygens (including phenoxy) is 1. The molecule has 30 heavy (non-hydrogen) atoms. The Morgan fingerprint density at radius 2 is 1.90 bits per heavy atom. The average Bonchev–Trinajstić information content (AvgIpc) is 3.05. The molecule has 0 spiro atoms. The lowest BCUT2D eigenvalue weighted by atomic mass is 9.93. The first-order chi connectivity index (χ1) is 13.8. The van der Waals surface area contributed by atoms with Gasteiger partial charge in [-0.05, 0) is 77.0 Å². The number of benzene rings is 2. The number of phenolic OH excluding ortho intramolecular Hbond substituents is 1. The second-order valence-corrected chi connectivity index (χ2v) is 10.9. The van der Waals surface area contributed by atoms with E-state index < -0.39 is 27.4 Å². The summed E-state index contributed by atoms with van der Waals surface area (Å²) in [5.41, 5.74) is 2.57. The van der Waals surface area contributed by atoms with Crippen molar-refractivity contribution >= 4 is 15.4 Å². The minimum Gasteiger partial charge on any atom is -0.504 e. The third-order valence-electron chi connectivity index (χ3n) is 5.54. The van der Waals surface area contributed by atoms with Crippen molar-refractivity contribution in [2.75, 3.05) is 6.26 Å². The number of alkyl halides is 3. The van der Waals surface area contributed by atoms with Crippen LogP contribution in [0, 0.1) is 0 Å². The molecule has 0 amide bonds. The van der Waals surface area contributed by atoms with Crippen molar-refractivity contribution in [3.8, 4) is 11.5 Å². The van der Waals surface area contributed by atoms with Crippen LogP contribution in [0.3, 0.4) is 0 Å². The largest absolute Gasteiger partial charge is 0.573 e. The third-order valence-corrected chi connectivity index (χ3v) is 6.85. The first kappa shape index (κ1) is 22.5. The lowest BCUT2D eigenvalue weighted by molar-refractivity contribution is -0.275. The molecule has 0 aliphatic carbocycles. The molecule has 0 aromatic heterocycles. The van der Waals surface area contributed by atoms with Gasteiger partial charge in [-0.1, -0.05) is 18.2 Å². The van der Waals surface area contributed by atoms with E-state index in [9.17, 15) is 22.5 Å². The molecule has 1 unspecified atom stereocenters. The van der Waals surface area contributed by atoms with E-state index in [4.69, 9.17) is 0 Å². The Morgan fingerprint density at radius 3 is 2.53 bits per heavy atom. The lowest BCUT2D eigenvalue weighted by Gasteiger charge is -2.35. The second kappa shape index (κ2) is 7.81. The standard InChI is InChI=1S/C22H26F3NO3S/c1-21(2,11-10-15-8-9-18(27)19(12-15)29-22(23,24)25)26-13-16-6-5-7-20(17(16)14-26)30(3,4)28/h5-9,12,27H,3,10-11,13-14H2,1-2,4H3. The van der Waals surface area contributed by atoms with Crippen LogP contribution < -0.4 is 4.74 Å². The summed E-state index contributed by atoms with van der Waals surface area (Å²) in [6, 6.07) is 9.83. The molecule has 0 bridgehead atoms. The number of rotatable bonds is 6. The average molecular weight is 442 g/mol. The van der Waals surface area contributed by atoms with Gasteiger partial charge < -0.3 is 9.84 Å². The fourth-order valence-corrected chi connectivity index (χ4v) is 4.84. The Balaban J connectivity index is 1.73. The van der Waals surface area contributed by atoms with E-state index in [-0.39, 0.29) is 5.54 Å². The highest BCUT2D eigenvalue weighted by Crippen LogP contribution is 2.36. The van der Waals surface area contributed by atoms with Crippen molar-refractivity contribution in [2.24, 2.45) is 0 Å². The van der Waals surface area contributed by atoms with Crippen molar-refractivity contribution in [2.45, 2.75) is 56.6 Å². The van der Waals surface area contributed by atoms with E-state index in [1.807, 2.05) is 18.2 Å². The van der Waals surface area contributed by atoms with Crippen LogP contribution in [0.25, 0.3) is 0 Å². The normalized spacial score (nSPS) is 16.9. The molecule has 1 N–H and O–H groups in total. The minimum absolute atomic E-state index is 0.255. The second-order valence-electron chi connectivity index (χ2n) is 8.42. The summed E-state index contributed by atoms with van der Waals surface area (Å²) in [7, 11) is -2.33. The molecule has 0 saturated heterocycles. The SMILES string of the molecule is C=S(C)(=O)c1cccc2c1CN(C(C)(C)CCc1ccc(O)c(OC(F)(F)F)c1)C2. The van der Waals surface area contributed by atoms with Gasteiger partial charge in [0, 0.05) is 29.8 Å². The van der Waals surface area contributed by atoms with Crippen LogP contribution in [0.15, 0.2) is 41.3 Å². The van der Waals surface area contributed by atoms with Crippen molar-refractivity contribution < 1.29 is 27.2 Å². The minimum atomic E-state index is -4.86. The van der Waals surface area contributed by atoms with Crippen LogP contribution in [0.1, 0.15) is 37.0 Å². The number of aromatic hydroxyl groups is 1. The summed E-state index contributed by atoms with van der Waals surface area (Å²) in [6.45, 7) is 5.53. The zero-order valence-electron chi connectivity index (χ0n) is 17.3. The summed E-state index contributed by atoms with van der Waals surface area (Å²) >= 11 is 0. The van der Waals surface area contributed by atoms with Gasteiger partial charge >= 0.3 is 6.36 Å². The number of phenols is 1. The fraction of sp³-hybridized carbons (Fsp3) is 0.409. The van der Waals surface area contributed by atoms with Crippen LogP contribution in [0.5, 0.6) is 11.5 Å². The molecule has 2 aromatic rings. The molecule has 0 saturated carbocycles. The Morgan fingerprint density at radius 1 is 1.20 bits per heavy atom. The van der Waals surface area contributed by atoms with E-state index in [1.54, 1.807) is 12.3 Å². The topological polar surface area (TPSA) is 49.8 Å². The Hall–Kier alpha value is -2.19. The van der Waals surface area contributed by atoms with Crippen LogP contribution in [0.2, 0.25) is 0 Å². The van der Waals surface area contributed by atoms with Crippen LogP contribution in [0.4, 0.5) is 13.2 Å². The van der Waals surface area contributed by atoms with Crippen molar-refractivity contribution in [3.63, 3.8) is 0 Å². The molecular weight excluding hydrogens is 415 g/mol. The number of aryl methyl sites for hydroxylation is 1.